The van der Waals surface area contributed by atoms with E-state index in [4.69, 9.17) is 9.47 Å². The third-order valence-corrected chi connectivity index (χ3v) is 3.50. The van der Waals surface area contributed by atoms with Crippen LogP contribution in [0.15, 0.2) is 22.7 Å². The Bertz CT molecular complexity index is 425. The van der Waals surface area contributed by atoms with Crippen LogP contribution in [0.4, 0.5) is 0 Å². The topological polar surface area (TPSA) is 38.8 Å². The molecule has 0 spiro atoms. The molecule has 4 nitrogen and oxygen atoms in total. The molecule has 1 saturated heterocycles. The molecule has 1 fully saturated rings. The number of para-hydroxylation sites is 1. The van der Waals surface area contributed by atoms with Crippen molar-refractivity contribution < 1.29 is 14.3 Å². The van der Waals surface area contributed by atoms with Gasteiger partial charge in [-0.1, -0.05) is 6.07 Å². The van der Waals surface area contributed by atoms with E-state index in [1.807, 2.05) is 12.1 Å². The summed E-state index contributed by atoms with van der Waals surface area (Å²) in [5, 5.41) is 0. The van der Waals surface area contributed by atoms with Crippen LogP contribution in [-0.2, 0) is 4.74 Å². The zero-order chi connectivity index (χ0) is 13.0. The van der Waals surface area contributed by atoms with E-state index in [9.17, 15) is 4.79 Å². The lowest BCUT2D eigenvalue weighted by Crippen LogP contribution is -2.42. The second-order valence-electron chi connectivity index (χ2n) is 4.34. The van der Waals surface area contributed by atoms with Gasteiger partial charge in [0.15, 0.2) is 6.29 Å². The van der Waals surface area contributed by atoms with Crippen LogP contribution in [0.25, 0.3) is 0 Å². The molecule has 0 saturated carbocycles. The van der Waals surface area contributed by atoms with Gasteiger partial charge in [-0.3, -0.25) is 4.79 Å². The van der Waals surface area contributed by atoms with E-state index >= 15 is 0 Å². The maximum absolute atomic E-state index is 10.9. The van der Waals surface area contributed by atoms with E-state index in [1.54, 1.807) is 6.07 Å². The summed E-state index contributed by atoms with van der Waals surface area (Å²) in [6.45, 7) is 2.97. The Hall–Kier alpha value is -0.910. The quantitative estimate of drug-likeness (QED) is 0.797. The molecule has 0 amide bonds. The van der Waals surface area contributed by atoms with Crippen LogP contribution in [0.2, 0.25) is 0 Å². The van der Waals surface area contributed by atoms with Crippen molar-refractivity contribution in [3.8, 4) is 5.75 Å². The smallest absolute Gasteiger partial charge is 0.153 e. The zero-order valence-corrected chi connectivity index (χ0v) is 11.9. The maximum atomic E-state index is 10.9. The molecule has 0 radical (unpaired) electrons. The number of halogens is 1. The molecule has 18 heavy (non-hydrogen) atoms. The Morgan fingerprint density at radius 3 is 3.17 bits per heavy atom. The SMILES string of the molecule is CN1CCOC(COc2c(Br)cccc2C=O)C1. The zero-order valence-electron chi connectivity index (χ0n) is 10.3. The highest BCUT2D eigenvalue weighted by Gasteiger charge is 2.19. The first-order valence-electron chi connectivity index (χ1n) is 5.87. The van der Waals surface area contributed by atoms with Crippen molar-refractivity contribution in [1.82, 2.24) is 4.90 Å². The molecule has 1 aliphatic rings. The predicted octanol–water partition coefficient (Wildman–Crippen LogP) is 1.97. The van der Waals surface area contributed by atoms with Crippen LogP contribution in [0, 0.1) is 0 Å². The van der Waals surface area contributed by atoms with Crippen molar-refractivity contribution in [1.29, 1.82) is 0 Å². The summed E-state index contributed by atoms with van der Waals surface area (Å²) in [7, 11) is 2.06. The molecule has 2 rings (SSSR count). The van der Waals surface area contributed by atoms with Crippen LogP contribution in [0.5, 0.6) is 5.75 Å². The van der Waals surface area contributed by atoms with Gasteiger partial charge in [0.2, 0.25) is 0 Å². The summed E-state index contributed by atoms with van der Waals surface area (Å²) in [6.07, 6.45) is 0.851. The standard InChI is InChI=1S/C13H16BrNO3/c1-15-5-6-17-11(7-15)9-18-13-10(8-16)3-2-4-12(13)14/h2-4,8,11H,5-7,9H2,1H3. The van der Waals surface area contributed by atoms with E-state index in [1.165, 1.54) is 0 Å². The molecule has 1 aromatic rings. The van der Waals surface area contributed by atoms with Gasteiger partial charge in [0, 0.05) is 13.1 Å². The van der Waals surface area contributed by atoms with Crippen molar-refractivity contribution in [2.45, 2.75) is 6.10 Å². The van der Waals surface area contributed by atoms with Crippen molar-refractivity contribution in [3.05, 3.63) is 28.2 Å². The van der Waals surface area contributed by atoms with Crippen molar-refractivity contribution in [3.63, 3.8) is 0 Å². The summed E-state index contributed by atoms with van der Waals surface area (Å²) in [6, 6.07) is 5.41. The van der Waals surface area contributed by atoms with Crippen LogP contribution < -0.4 is 4.74 Å². The average molecular weight is 314 g/mol. The number of carbonyl (C=O) groups excluding carboxylic acids is 1. The molecule has 98 valence electrons. The van der Waals surface area contributed by atoms with Crippen molar-refractivity contribution in [2.24, 2.45) is 0 Å². The van der Waals surface area contributed by atoms with Gasteiger partial charge in [-0.25, -0.2) is 0 Å². The van der Waals surface area contributed by atoms with Crippen LogP contribution in [0.1, 0.15) is 10.4 Å². The second kappa shape index (κ2) is 6.31. The number of aldehydes is 1. The molecular weight excluding hydrogens is 298 g/mol. The number of nitrogens with zero attached hydrogens (tertiary/aromatic N) is 1. The normalized spacial score (nSPS) is 20.7. The van der Waals surface area contributed by atoms with E-state index in [-0.39, 0.29) is 6.10 Å². The van der Waals surface area contributed by atoms with E-state index in [2.05, 4.69) is 27.9 Å². The minimum Gasteiger partial charge on any atom is -0.489 e. The first-order valence-corrected chi connectivity index (χ1v) is 6.66. The van der Waals surface area contributed by atoms with Gasteiger partial charge >= 0.3 is 0 Å². The molecule has 0 N–H and O–H groups in total. The van der Waals surface area contributed by atoms with E-state index in [0.29, 0.717) is 17.9 Å². The number of hydrogen-bond donors (Lipinski definition) is 0. The highest BCUT2D eigenvalue weighted by atomic mass is 79.9. The number of carbonyl (C=O) groups is 1. The monoisotopic (exact) mass is 313 g/mol. The molecule has 1 aliphatic heterocycles. The first kappa shape index (κ1) is 13.5. The fourth-order valence-electron chi connectivity index (χ4n) is 1.91. The number of ether oxygens (including phenoxy) is 2. The van der Waals surface area contributed by atoms with Crippen LogP contribution in [-0.4, -0.2) is 50.6 Å². The maximum Gasteiger partial charge on any atom is 0.153 e. The molecular formula is C13H16BrNO3. The van der Waals surface area contributed by atoms with Crippen molar-refractivity contribution in [2.75, 3.05) is 33.4 Å². The van der Waals surface area contributed by atoms with E-state index in [0.717, 1.165) is 30.5 Å². The minimum absolute atomic E-state index is 0.0513. The summed E-state index contributed by atoms with van der Waals surface area (Å²) < 4.78 is 12.1. The lowest BCUT2D eigenvalue weighted by molar-refractivity contribution is -0.0405. The number of morpholine rings is 1. The third-order valence-electron chi connectivity index (χ3n) is 2.88. The van der Waals surface area contributed by atoms with Gasteiger partial charge in [-0.2, -0.15) is 0 Å². The molecule has 0 aliphatic carbocycles. The molecule has 1 unspecified atom stereocenters. The molecule has 0 aromatic heterocycles. The van der Waals surface area contributed by atoms with Gasteiger partial charge in [0.1, 0.15) is 18.5 Å². The number of hydrogen-bond acceptors (Lipinski definition) is 4. The Labute approximate surface area is 115 Å². The highest BCUT2D eigenvalue weighted by Crippen LogP contribution is 2.28. The van der Waals surface area contributed by atoms with E-state index < -0.39 is 0 Å². The Kier molecular flexibility index (Phi) is 4.74. The Morgan fingerprint density at radius 2 is 2.44 bits per heavy atom. The fourth-order valence-corrected chi connectivity index (χ4v) is 2.41. The van der Waals surface area contributed by atoms with Gasteiger partial charge in [-0.15, -0.1) is 0 Å². The average Bonchev–Trinajstić information content (AvgIpc) is 2.37. The van der Waals surface area contributed by atoms with Crippen LogP contribution in [0.3, 0.4) is 0 Å². The number of likely N-dealkylation sites (N-methyl/N-ethyl adjacent to an activating group) is 1. The highest BCUT2D eigenvalue weighted by molar-refractivity contribution is 9.10. The lowest BCUT2D eigenvalue weighted by Gasteiger charge is -2.30. The Morgan fingerprint density at radius 1 is 1.61 bits per heavy atom. The van der Waals surface area contributed by atoms with Gasteiger partial charge in [-0.05, 0) is 35.1 Å². The summed E-state index contributed by atoms with van der Waals surface area (Å²) in [4.78, 5) is 13.1. The number of rotatable bonds is 4. The summed E-state index contributed by atoms with van der Waals surface area (Å²) in [5.74, 6) is 0.587. The number of benzene rings is 1. The summed E-state index contributed by atoms with van der Waals surface area (Å²) >= 11 is 3.39. The molecule has 1 heterocycles. The van der Waals surface area contributed by atoms with Crippen LogP contribution >= 0.6 is 15.9 Å². The van der Waals surface area contributed by atoms with Gasteiger partial charge in [0.25, 0.3) is 0 Å². The summed E-state index contributed by atoms with van der Waals surface area (Å²) in [5.41, 5.74) is 0.550. The van der Waals surface area contributed by atoms with Crippen molar-refractivity contribution >= 4 is 22.2 Å². The fraction of sp³-hybridized carbons (Fsp3) is 0.462. The second-order valence-corrected chi connectivity index (χ2v) is 5.20. The lowest BCUT2D eigenvalue weighted by atomic mass is 10.2. The Balaban J connectivity index is 1.99. The third kappa shape index (κ3) is 3.31. The minimum atomic E-state index is 0.0513. The molecule has 5 heteroatoms. The molecule has 1 aromatic carbocycles. The largest absolute Gasteiger partial charge is 0.489 e. The molecule has 1 atom stereocenters. The first-order chi connectivity index (χ1) is 8.70. The molecule has 0 bridgehead atoms. The van der Waals surface area contributed by atoms with Gasteiger partial charge in [0.05, 0.1) is 16.6 Å². The predicted molar refractivity (Wildman–Crippen MR) is 72.3 cm³/mol. The van der Waals surface area contributed by atoms with Gasteiger partial charge < -0.3 is 14.4 Å².